The largest absolute Gasteiger partial charge is 0.467 e. The van der Waals surface area contributed by atoms with Gasteiger partial charge in [0, 0.05) is 23.6 Å². The van der Waals surface area contributed by atoms with Gasteiger partial charge in [-0.25, -0.2) is 4.79 Å². The van der Waals surface area contributed by atoms with Gasteiger partial charge < -0.3 is 10.1 Å². The fourth-order valence-electron chi connectivity index (χ4n) is 2.25. The average molecular weight is 328 g/mol. The number of methoxy groups -OCH3 is 1. The number of carbonyl (C=O) groups excluding carboxylic acids is 2. The molecule has 0 radical (unpaired) electrons. The zero-order chi connectivity index (χ0) is 17.5. The third-order valence-electron chi connectivity index (χ3n) is 3.44. The number of benzene rings is 2. The van der Waals surface area contributed by atoms with Gasteiger partial charge >= 0.3 is 5.97 Å². The molecule has 0 bridgehead atoms. The van der Waals surface area contributed by atoms with Crippen LogP contribution >= 0.6 is 0 Å². The van der Waals surface area contributed by atoms with Gasteiger partial charge in [0.1, 0.15) is 6.04 Å². The molecule has 0 aliphatic heterocycles. The minimum atomic E-state index is -1.02. The highest BCUT2D eigenvalue weighted by Crippen LogP contribution is 2.19. The molecule has 0 saturated carbocycles. The third-order valence-corrected chi connectivity index (χ3v) is 3.44. The van der Waals surface area contributed by atoms with Crippen LogP contribution in [0.5, 0.6) is 0 Å². The van der Waals surface area contributed by atoms with Crippen LogP contribution in [0.4, 0.5) is 5.69 Å². The number of rotatable bonds is 6. The molecule has 24 heavy (non-hydrogen) atoms. The van der Waals surface area contributed by atoms with Gasteiger partial charge in [0.2, 0.25) is 0 Å². The summed E-state index contributed by atoms with van der Waals surface area (Å²) in [7, 11) is 1.20. The summed E-state index contributed by atoms with van der Waals surface area (Å²) in [6.07, 6.45) is -0.0393. The summed E-state index contributed by atoms with van der Waals surface area (Å²) in [5.41, 5.74) is 0.612. The third kappa shape index (κ3) is 4.16. The fraction of sp³-hybridized carbons (Fsp3) is 0.176. The summed E-state index contributed by atoms with van der Waals surface area (Å²) in [5.74, 6) is -1.12. The summed E-state index contributed by atoms with van der Waals surface area (Å²) >= 11 is 0. The van der Waals surface area contributed by atoms with Crippen molar-refractivity contribution in [1.29, 1.82) is 0 Å². The van der Waals surface area contributed by atoms with Gasteiger partial charge in [-0.15, -0.1) is 0 Å². The number of hydrogen-bond acceptors (Lipinski definition) is 5. The standard InChI is InChI=1S/C17H16N2O5/c1-24-17(21)14(18-16(20)12-7-3-2-4-8-12)11-13-9-5-6-10-15(13)19(22)23/h2-10,14H,11H2,1H3,(H,18,20)/t14-/m1/s1. The van der Waals surface area contributed by atoms with Gasteiger partial charge in [-0.3, -0.25) is 14.9 Å². The number of nitro benzene ring substituents is 1. The summed E-state index contributed by atoms with van der Waals surface area (Å²) in [6.45, 7) is 0. The van der Waals surface area contributed by atoms with Crippen LogP contribution in [0.2, 0.25) is 0 Å². The molecule has 2 aromatic rings. The first-order chi connectivity index (χ1) is 11.5. The van der Waals surface area contributed by atoms with Crippen molar-refractivity contribution in [1.82, 2.24) is 5.32 Å². The molecule has 0 saturated heterocycles. The van der Waals surface area contributed by atoms with E-state index >= 15 is 0 Å². The first-order valence-corrected chi connectivity index (χ1v) is 7.19. The molecule has 0 unspecified atom stereocenters. The minimum absolute atomic E-state index is 0.0393. The number of nitrogens with one attached hydrogen (secondary N) is 1. The normalized spacial score (nSPS) is 11.4. The maximum Gasteiger partial charge on any atom is 0.328 e. The molecule has 2 aromatic carbocycles. The molecule has 0 aliphatic rings. The molecule has 0 fully saturated rings. The molecule has 0 spiro atoms. The van der Waals surface area contributed by atoms with Crippen molar-refractivity contribution < 1.29 is 19.2 Å². The Morgan fingerprint density at radius 3 is 2.38 bits per heavy atom. The second-order valence-corrected chi connectivity index (χ2v) is 5.01. The summed E-state index contributed by atoms with van der Waals surface area (Å²) < 4.78 is 4.70. The van der Waals surface area contributed by atoms with E-state index in [4.69, 9.17) is 4.74 Å². The molecule has 1 atom stereocenters. The van der Waals surface area contributed by atoms with Crippen molar-refractivity contribution in [3.8, 4) is 0 Å². The molecular weight excluding hydrogens is 312 g/mol. The monoisotopic (exact) mass is 328 g/mol. The molecule has 0 aromatic heterocycles. The van der Waals surface area contributed by atoms with Gasteiger partial charge in [-0.1, -0.05) is 36.4 Å². The van der Waals surface area contributed by atoms with Crippen molar-refractivity contribution in [2.75, 3.05) is 7.11 Å². The number of ether oxygens (including phenoxy) is 1. The second kappa shape index (κ2) is 7.87. The van der Waals surface area contributed by atoms with E-state index in [0.717, 1.165) is 0 Å². The van der Waals surface area contributed by atoms with Crippen molar-refractivity contribution in [2.45, 2.75) is 12.5 Å². The first-order valence-electron chi connectivity index (χ1n) is 7.19. The number of nitrogens with zero attached hydrogens (tertiary/aromatic N) is 1. The van der Waals surface area contributed by atoms with E-state index in [-0.39, 0.29) is 12.1 Å². The van der Waals surface area contributed by atoms with E-state index in [2.05, 4.69) is 5.32 Å². The molecule has 0 aliphatic carbocycles. The van der Waals surface area contributed by atoms with Crippen LogP contribution in [0.1, 0.15) is 15.9 Å². The lowest BCUT2D eigenvalue weighted by molar-refractivity contribution is -0.385. The Kier molecular flexibility index (Phi) is 5.62. The number of nitro groups is 1. The maximum atomic E-state index is 12.2. The highest BCUT2D eigenvalue weighted by molar-refractivity contribution is 5.96. The predicted molar refractivity (Wildman–Crippen MR) is 86.5 cm³/mol. The van der Waals surface area contributed by atoms with E-state index in [0.29, 0.717) is 11.1 Å². The van der Waals surface area contributed by atoms with E-state index < -0.39 is 22.8 Å². The van der Waals surface area contributed by atoms with E-state index in [1.165, 1.54) is 19.2 Å². The van der Waals surface area contributed by atoms with Gasteiger partial charge in [0.25, 0.3) is 11.6 Å². The van der Waals surface area contributed by atoms with Crippen molar-refractivity contribution in [3.63, 3.8) is 0 Å². The van der Waals surface area contributed by atoms with Crippen molar-refractivity contribution >= 4 is 17.6 Å². The van der Waals surface area contributed by atoms with Crippen LogP contribution in [0.25, 0.3) is 0 Å². The molecule has 1 amide bonds. The lowest BCUT2D eigenvalue weighted by Crippen LogP contribution is -2.43. The smallest absolute Gasteiger partial charge is 0.328 e. The van der Waals surface area contributed by atoms with Gasteiger partial charge in [0.15, 0.2) is 0 Å². The highest BCUT2D eigenvalue weighted by Gasteiger charge is 2.25. The van der Waals surface area contributed by atoms with Crippen LogP contribution in [-0.4, -0.2) is 30.0 Å². The van der Waals surface area contributed by atoms with Crippen molar-refractivity contribution in [3.05, 3.63) is 75.8 Å². The lowest BCUT2D eigenvalue weighted by atomic mass is 10.0. The Hall–Kier alpha value is -3.22. The van der Waals surface area contributed by atoms with E-state index in [9.17, 15) is 19.7 Å². The minimum Gasteiger partial charge on any atom is -0.467 e. The summed E-state index contributed by atoms with van der Waals surface area (Å²) in [6, 6.07) is 13.4. The summed E-state index contributed by atoms with van der Waals surface area (Å²) in [5, 5.41) is 13.7. The van der Waals surface area contributed by atoms with Gasteiger partial charge in [0.05, 0.1) is 12.0 Å². The number of para-hydroxylation sites is 1. The Labute approximate surface area is 138 Å². The lowest BCUT2D eigenvalue weighted by Gasteiger charge is -2.16. The topological polar surface area (TPSA) is 98.5 Å². The van der Waals surface area contributed by atoms with Crippen LogP contribution < -0.4 is 5.32 Å². The Morgan fingerprint density at radius 2 is 1.75 bits per heavy atom. The number of esters is 1. The van der Waals surface area contributed by atoms with Crippen LogP contribution in [-0.2, 0) is 16.0 Å². The zero-order valence-electron chi connectivity index (χ0n) is 13.0. The number of hydrogen-bond donors (Lipinski definition) is 1. The quantitative estimate of drug-likeness (QED) is 0.497. The SMILES string of the molecule is COC(=O)[C@@H](Cc1ccccc1[N+](=O)[O-])NC(=O)c1ccccc1. The maximum absolute atomic E-state index is 12.2. The molecular formula is C17H16N2O5. The molecule has 0 heterocycles. The molecule has 1 N–H and O–H groups in total. The van der Waals surface area contributed by atoms with E-state index in [1.54, 1.807) is 42.5 Å². The Morgan fingerprint density at radius 1 is 1.12 bits per heavy atom. The molecule has 124 valence electrons. The van der Waals surface area contributed by atoms with Crippen molar-refractivity contribution in [2.24, 2.45) is 0 Å². The van der Waals surface area contributed by atoms with Gasteiger partial charge in [-0.2, -0.15) is 0 Å². The Bertz CT molecular complexity index is 746. The van der Waals surface area contributed by atoms with Crippen LogP contribution in [0.3, 0.4) is 0 Å². The fourth-order valence-corrected chi connectivity index (χ4v) is 2.25. The van der Waals surface area contributed by atoms with Crippen LogP contribution in [0.15, 0.2) is 54.6 Å². The Balaban J connectivity index is 2.22. The molecule has 7 heteroatoms. The first kappa shape index (κ1) is 17.1. The number of carbonyl (C=O) groups is 2. The molecule has 7 nitrogen and oxygen atoms in total. The summed E-state index contributed by atoms with van der Waals surface area (Å²) in [4.78, 5) is 34.8. The van der Waals surface area contributed by atoms with E-state index in [1.807, 2.05) is 0 Å². The van der Waals surface area contributed by atoms with Crippen LogP contribution in [0, 0.1) is 10.1 Å². The highest BCUT2D eigenvalue weighted by atomic mass is 16.6. The second-order valence-electron chi connectivity index (χ2n) is 5.01. The zero-order valence-corrected chi connectivity index (χ0v) is 13.0. The number of amides is 1. The average Bonchev–Trinajstić information content (AvgIpc) is 2.61. The molecule has 2 rings (SSSR count). The predicted octanol–water partition coefficient (Wildman–Crippen LogP) is 2.11. The van der Waals surface area contributed by atoms with Gasteiger partial charge in [-0.05, 0) is 12.1 Å².